The van der Waals surface area contributed by atoms with Crippen LogP contribution in [-0.2, 0) is 6.42 Å². The van der Waals surface area contributed by atoms with Gasteiger partial charge in [-0.1, -0.05) is 48.0 Å². The van der Waals surface area contributed by atoms with Crippen molar-refractivity contribution >= 4 is 27.4 Å². The molecular weight excluding hydrogens is 684 g/mol. The van der Waals surface area contributed by atoms with E-state index >= 15 is 0 Å². The van der Waals surface area contributed by atoms with Crippen LogP contribution < -0.4 is 39.8 Å². The molecule has 0 fully saturated rings. The minimum absolute atomic E-state index is 0.418. The lowest BCUT2D eigenvalue weighted by molar-refractivity contribution is 0.355. The molecule has 0 bridgehead atoms. The Balaban J connectivity index is 0.000000185. The van der Waals surface area contributed by atoms with Crippen molar-refractivity contribution in [2.45, 2.75) is 13.3 Å². The lowest BCUT2D eigenvalue weighted by Crippen LogP contribution is -2.01. The summed E-state index contributed by atoms with van der Waals surface area (Å²) in [5, 5.41) is 2.75. The zero-order valence-electron chi connectivity index (χ0n) is 31.3. The number of hydrogen-bond donors (Lipinski definition) is 1. The van der Waals surface area contributed by atoms with Crippen LogP contribution in [-0.4, -0.2) is 47.6 Å². The van der Waals surface area contributed by atoms with Gasteiger partial charge in [0, 0.05) is 53.5 Å². The fourth-order valence-corrected chi connectivity index (χ4v) is 6.33. The van der Waals surface area contributed by atoms with E-state index in [0.717, 1.165) is 49.7 Å². The summed E-state index contributed by atoms with van der Waals surface area (Å²) in [6.07, 6.45) is 2.33. The summed E-state index contributed by atoms with van der Waals surface area (Å²) in [7, 11) is 9.58. The summed E-state index contributed by atoms with van der Waals surface area (Å²) in [6.45, 7) is 2.07. The van der Waals surface area contributed by atoms with Gasteiger partial charge in [-0.25, -0.2) is 4.79 Å². The summed E-state index contributed by atoms with van der Waals surface area (Å²) in [6, 6.07) is 30.9. The Hall–Kier alpha value is -6.68. The molecule has 0 unspecified atom stereocenters. The molecule has 0 radical (unpaired) electrons. The molecule has 0 aliphatic rings. The number of benzene rings is 5. The molecule has 7 rings (SSSR count). The van der Waals surface area contributed by atoms with E-state index in [1.165, 1.54) is 11.6 Å². The Morgan fingerprint density at radius 3 is 1.96 bits per heavy atom. The first-order chi connectivity index (χ1) is 26.2. The number of nitrogens with two attached hydrogens (primary N) is 1. The van der Waals surface area contributed by atoms with Gasteiger partial charge in [0.1, 0.15) is 17.1 Å². The second-order valence-electron chi connectivity index (χ2n) is 12.4. The van der Waals surface area contributed by atoms with Gasteiger partial charge in [0.25, 0.3) is 0 Å². The molecule has 10 nitrogen and oxygen atoms in total. The summed E-state index contributed by atoms with van der Waals surface area (Å²) in [4.78, 5) is 16.8. The smallest absolute Gasteiger partial charge is 0.336 e. The van der Waals surface area contributed by atoms with E-state index in [9.17, 15) is 4.79 Å². The molecule has 0 spiro atoms. The SMILES string of the molecule is COc1cc(N)c(Cc2nccc3cc(OC)c(OC)cc23)cc1OC.COc1cc(OC)c2c(-c3cccc(-c4ccc(C)cc4)c3)cc(=O)oc2c1. The van der Waals surface area contributed by atoms with E-state index in [-0.39, 0.29) is 0 Å². The van der Waals surface area contributed by atoms with Gasteiger partial charge in [-0.3, -0.25) is 4.98 Å². The molecule has 2 heterocycles. The van der Waals surface area contributed by atoms with Gasteiger partial charge in [0.15, 0.2) is 23.0 Å². The highest BCUT2D eigenvalue weighted by Crippen LogP contribution is 2.39. The summed E-state index contributed by atoms with van der Waals surface area (Å²) < 4.78 is 37.8. The molecule has 5 aromatic carbocycles. The molecular formula is C44H42N2O8. The average Bonchev–Trinajstić information content (AvgIpc) is 3.20. The number of rotatable bonds is 10. The van der Waals surface area contributed by atoms with Gasteiger partial charge >= 0.3 is 5.63 Å². The van der Waals surface area contributed by atoms with Crippen LogP contribution in [0.5, 0.6) is 34.5 Å². The van der Waals surface area contributed by atoms with Crippen LogP contribution in [0.3, 0.4) is 0 Å². The maximum absolute atomic E-state index is 12.2. The van der Waals surface area contributed by atoms with Crippen molar-refractivity contribution in [2.24, 2.45) is 0 Å². The van der Waals surface area contributed by atoms with Crippen LogP contribution in [0.1, 0.15) is 16.8 Å². The molecule has 276 valence electrons. The minimum Gasteiger partial charge on any atom is -0.496 e. The first-order valence-corrected chi connectivity index (χ1v) is 17.1. The number of anilines is 1. The maximum atomic E-state index is 12.2. The van der Waals surface area contributed by atoms with Crippen LogP contribution in [0.2, 0.25) is 0 Å². The number of nitrogens with zero attached hydrogens (tertiary/aromatic N) is 1. The van der Waals surface area contributed by atoms with E-state index in [1.807, 2.05) is 36.4 Å². The summed E-state index contributed by atoms with van der Waals surface area (Å²) in [5.74, 6) is 3.74. The second kappa shape index (κ2) is 16.3. The van der Waals surface area contributed by atoms with Crippen molar-refractivity contribution in [3.63, 3.8) is 0 Å². The fourth-order valence-electron chi connectivity index (χ4n) is 6.33. The number of aryl methyl sites for hydroxylation is 1. The van der Waals surface area contributed by atoms with E-state index in [0.29, 0.717) is 52.2 Å². The highest BCUT2D eigenvalue weighted by atomic mass is 16.5. The molecule has 0 saturated heterocycles. The largest absolute Gasteiger partial charge is 0.496 e. The Bertz CT molecular complexity index is 2490. The molecule has 0 atom stereocenters. The molecule has 0 saturated carbocycles. The van der Waals surface area contributed by atoms with Gasteiger partial charge in [-0.15, -0.1) is 0 Å². The Morgan fingerprint density at radius 1 is 0.630 bits per heavy atom. The number of hydrogen-bond acceptors (Lipinski definition) is 10. The van der Waals surface area contributed by atoms with Gasteiger partial charge in [0.2, 0.25) is 0 Å². The Morgan fingerprint density at radius 2 is 1.28 bits per heavy atom. The van der Waals surface area contributed by atoms with Crippen molar-refractivity contribution < 1.29 is 32.8 Å². The summed E-state index contributed by atoms with van der Waals surface area (Å²) in [5.41, 5.74) is 13.7. The molecule has 54 heavy (non-hydrogen) atoms. The zero-order chi connectivity index (χ0) is 38.4. The topological polar surface area (TPSA) is 125 Å². The average molecular weight is 727 g/mol. The van der Waals surface area contributed by atoms with E-state index in [4.69, 9.17) is 38.6 Å². The third-order valence-electron chi connectivity index (χ3n) is 9.15. The summed E-state index contributed by atoms with van der Waals surface area (Å²) >= 11 is 0. The molecule has 2 N–H and O–H groups in total. The van der Waals surface area contributed by atoms with Gasteiger partial charge in [-0.2, -0.15) is 0 Å². The zero-order valence-corrected chi connectivity index (χ0v) is 31.3. The van der Waals surface area contributed by atoms with Gasteiger partial charge in [0.05, 0.1) is 53.7 Å². The first kappa shape index (κ1) is 37.1. The lowest BCUT2D eigenvalue weighted by atomic mass is 9.96. The first-order valence-electron chi connectivity index (χ1n) is 17.1. The van der Waals surface area contributed by atoms with Crippen molar-refractivity contribution in [3.8, 4) is 56.8 Å². The molecule has 7 aromatic rings. The minimum atomic E-state index is -0.418. The molecule has 0 aliphatic carbocycles. The van der Waals surface area contributed by atoms with Crippen LogP contribution >= 0.6 is 0 Å². The van der Waals surface area contributed by atoms with Crippen LogP contribution in [0.15, 0.2) is 112 Å². The number of aromatic nitrogens is 1. The Labute approximate surface area is 313 Å². The number of methoxy groups -OCH3 is 6. The molecule has 0 aliphatic heterocycles. The van der Waals surface area contributed by atoms with Gasteiger partial charge in [-0.05, 0) is 64.9 Å². The number of fused-ring (bicyclic) bond motifs is 2. The van der Waals surface area contributed by atoms with E-state index in [1.54, 1.807) is 67.1 Å². The Kier molecular flexibility index (Phi) is 11.2. The van der Waals surface area contributed by atoms with E-state index in [2.05, 4.69) is 48.3 Å². The van der Waals surface area contributed by atoms with Crippen LogP contribution in [0.4, 0.5) is 5.69 Å². The van der Waals surface area contributed by atoms with Crippen molar-refractivity contribution in [1.82, 2.24) is 4.98 Å². The third kappa shape index (κ3) is 7.73. The van der Waals surface area contributed by atoms with Crippen molar-refractivity contribution in [2.75, 3.05) is 48.4 Å². The third-order valence-corrected chi connectivity index (χ3v) is 9.15. The normalized spacial score (nSPS) is 10.7. The van der Waals surface area contributed by atoms with Crippen LogP contribution in [0.25, 0.3) is 44.0 Å². The monoisotopic (exact) mass is 726 g/mol. The quantitative estimate of drug-likeness (QED) is 0.108. The maximum Gasteiger partial charge on any atom is 0.336 e. The van der Waals surface area contributed by atoms with Crippen molar-refractivity contribution in [1.29, 1.82) is 0 Å². The standard InChI is InChI=1S/C24H20O4.C20H22N2O4/c1-15-7-9-16(10-8-15)17-5-4-6-18(11-17)20-14-23(25)28-22-13-19(26-2)12-21(27-3)24(20)22;1-23-17-8-12-5-6-22-16(14(12)10-19(17)25-3)7-13-9-18(24-2)20(26-4)11-15(13)21/h4-14H,1-3H3;5-6,8-11H,7,21H2,1-4H3. The molecule has 10 heteroatoms. The highest BCUT2D eigenvalue weighted by Gasteiger charge is 2.17. The van der Waals surface area contributed by atoms with Gasteiger partial charge < -0.3 is 38.6 Å². The highest BCUT2D eigenvalue weighted by molar-refractivity contribution is 5.99. The van der Waals surface area contributed by atoms with Crippen molar-refractivity contribution in [3.05, 3.63) is 130 Å². The number of nitrogen functional groups attached to an aromatic ring is 1. The fraction of sp³-hybridized carbons (Fsp3) is 0.182. The van der Waals surface area contributed by atoms with Crippen LogP contribution in [0, 0.1) is 6.92 Å². The number of ether oxygens (including phenoxy) is 6. The lowest BCUT2D eigenvalue weighted by Gasteiger charge is -2.14. The number of pyridine rings is 1. The second-order valence-corrected chi connectivity index (χ2v) is 12.4. The molecule has 0 amide bonds. The molecule has 2 aromatic heterocycles. The predicted octanol–water partition coefficient (Wildman–Crippen LogP) is 8.89. The predicted molar refractivity (Wildman–Crippen MR) is 213 cm³/mol. The van der Waals surface area contributed by atoms with E-state index < -0.39 is 5.63 Å².